The van der Waals surface area contributed by atoms with Gasteiger partial charge in [-0.3, -0.25) is 0 Å². The minimum atomic E-state index is -2.43. The molecule has 0 aliphatic carbocycles. The van der Waals surface area contributed by atoms with Crippen molar-refractivity contribution in [1.29, 1.82) is 0 Å². The number of rotatable bonds is 20. The summed E-state index contributed by atoms with van der Waals surface area (Å²) in [5, 5.41) is 13.4. The number of hydrogen-bond donors (Lipinski definition) is 1. The van der Waals surface area contributed by atoms with Gasteiger partial charge in [0.2, 0.25) is 5.60 Å². The Balaban J connectivity index is 1.86. The Morgan fingerprint density at radius 3 is 2.12 bits per heavy atom. The molecule has 314 valence electrons. The van der Waals surface area contributed by atoms with E-state index < -0.39 is 40.4 Å². The summed E-state index contributed by atoms with van der Waals surface area (Å²) >= 11 is 0. The Hall–Kier alpha value is -2.48. The highest BCUT2D eigenvalue weighted by Crippen LogP contribution is 2.50. The van der Waals surface area contributed by atoms with E-state index >= 15 is 0 Å². The summed E-state index contributed by atoms with van der Waals surface area (Å²) in [6, 6.07) is 12.5. The van der Waals surface area contributed by atoms with E-state index in [0.717, 1.165) is 51.8 Å². The maximum Gasteiger partial charge on any atom is 0.343 e. The summed E-state index contributed by atoms with van der Waals surface area (Å²) in [7, 11) is -4.59. The Kier molecular flexibility index (Phi) is 15.0. The van der Waals surface area contributed by atoms with Crippen molar-refractivity contribution in [3.05, 3.63) is 64.9 Å². The second-order valence-corrected chi connectivity index (χ2v) is 29.0. The van der Waals surface area contributed by atoms with Gasteiger partial charge < -0.3 is 32.6 Å². The van der Waals surface area contributed by atoms with Gasteiger partial charge >= 0.3 is 5.97 Å². The van der Waals surface area contributed by atoms with Crippen LogP contribution in [0.5, 0.6) is 5.75 Å². The first-order valence-corrected chi connectivity index (χ1v) is 26.9. The van der Waals surface area contributed by atoms with Crippen molar-refractivity contribution in [2.24, 2.45) is 5.92 Å². The zero-order valence-corrected chi connectivity index (χ0v) is 39.4. The number of fused-ring (bicyclic) bond motifs is 1. The lowest BCUT2D eigenvalue weighted by Gasteiger charge is -2.41. The number of hydrogen-bond acceptors (Lipinski definition) is 8. The number of benzene rings is 2. The summed E-state index contributed by atoms with van der Waals surface area (Å²) in [4.78, 5) is 13.8. The highest BCUT2D eigenvalue weighted by Gasteiger charge is 2.69. The first-order valence-electron chi connectivity index (χ1n) is 21.1. The van der Waals surface area contributed by atoms with Crippen LogP contribution in [-0.4, -0.2) is 58.2 Å². The van der Waals surface area contributed by atoms with Crippen LogP contribution in [0.15, 0.2) is 47.1 Å². The van der Waals surface area contributed by atoms with E-state index in [2.05, 4.69) is 107 Å². The average Bonchev–Trinajstić information content (AvgIpc) is 3.72. The zero-order chi connectivity index (χ0) is 41.9. The van der Waals surface area contributed by atoms with Crippen LogP contribution in [0.1, 0.15) is 130 Å². The van der Waals surface area contributed by atoms with Crippen LogP contribution in [0.3, 0.4) is 0 Å². The molecule has 0 amide bonds. The zero-order valence-electron chi connectivity index (χ0n) is 37.4. The van der Waals surface area contributed by atoms with E-state index in [1.165, 1.54) is 0 Å². The van der Waals surface area contributed by atoms with Crippen LogP contribution in [0, 0.1) is 5.92 Å². The summed E-state index contributed by atoms with van der Waals surface area (Å²) in [6.45, 7) is 33.7. The molecular formula is C46H74O8Si2. The first kappa shape index (κ1) is 46.2. The van der Waals surface area contributed by atoms with Gasteiger partial charge in [0.25, 0.3) is 0 Å². The Morgan fingerprint density at radius 1 is 0.946 bits per heavy atom. The standard InChI is InChI=1S/C46H74O8Si2/c1-16-22-34(38(47)27-40(54-56(14,15)45(9,10)11)46(39(17-2)53-46)43(48)49-18-3)36-29-51-42-35(36)26-33(25-31(4)5)41(50-28-32-23-20-19-21-24-32)37(42)30-52-55(12,13)44(6,7)8/h19-21,23-24,26,29,31,34,38-40,47H,16-18,22,25,27-28,30H2,1-15H3/t34-,38+,39+,40-,46-/m1/s1. The summed E-state index contributed by atoms with van der Waals surface area (Å²) in [5.74, 6) is 0.488. The van der Waals surface area contributed by atoms with E-state index in [9.17, 15) is 9.90 Å². The molecule has 0 bridgehead atoms. The Labute approximate surface area is 340 Å². The smallest absolute Gasteiger partial charge is 0.343 e. The third-order valence-corrected chi connectivity index (χ3v) is 21.6. The SMILES string of the molecule is CCC[C@H](c1coc2c(CO[Si](C)(C)C(C)(C)C)c(OCc3ccccc3)c(CC(C)C)cc12)[C@@H](O)C[C@@H](O[Si](C)(C)C(C)(C)C)[C@]1(C(=O)OCC)O[C@H]1CC. The van der Waals surface area contributed by atoms with Gasteiger partial charge in [-0.25, -0.2) is 4.79 Å². The van der Waals surface area contributed by atoms with Gasteiger partial charge in [-0.15, -0.1) is 0 Å². The Bertz CT molecular complexity index is 1740. The molecular weight excluding hydrogens is 737 g/mol. The molecule has 8 nitrogen and oxygen atoms in total. The maximum absolute atomic E-state index is 13.8. The molecule has 0 saturated carbocycles. The number of carbonyl (C=O) groups is 1. The topological polar surface area (TPSA) is 99.9 Å². The molecule has 1 N–H and O–H groups in total. The average molecular weight is 811 g/mol. The molecule has 4 rings (SSSR count). The molecule has 0 spiro atoms. The third-order valence-electron chi connectivity index (χ3n) is 12.6. The van der Waals surface area contributed by atoms with E-state index in [1.54, 1.807) is 0 Å². The number of ether oxygens (including phenoxy) is 3. The minimum absolute atomic E-state index is 0.0172. The highest BCUT2D eigenvalue weighted by molar-refractivity contribution is 6.74. The van der Waals surface area contributed by atoms with Crippen molar-refractivity contribution in [3.8, 4) is 5.75 Å². The quantitative estimate of drug-likeness (QED) is 0.0684. The van der Waals surface area contributed by atoms with Crippen LogP contribution < -0.4 is 4.74 Å². The number of carbonyl (C=O) groups excluding carboxylic acids is 1. The van der Waals surface area contributed by atoms with Gasteiger partial charge in [0, 0.05) is 23.3 Å². The normalized spacial score (nSPS) is 19.6. The predicted molar refractivity (Wildman–Crippen MR) is 232 cm³/mol. The number of epoxide rings is 1. The Morgan fingerprint density at radius 2 is 1.59 bits per heavy atom. The molecule has 3 aromatic rings. The van der Waals surface area contributed by atoms with E-state index in [0.29, 0.717) is 32.0 Å². The van der Waals surface area contributed by atoms with Gasteiger partial charge in [-0.05, 0) is 85.6 Å². The summed E-state index contributed by atoms with van der Waals surface area (Å²) in [5.41, 5.74) is 3.53. The number of esters is 1. The molecule has 10 heteroatoms. The van der Waals surface area contributed by atoms with Crippen LogP contribution in [0.4, 0.5) is 0 Å². The van der Waals surface area contributed by atoms with Crippen molar-refractivity contribution in [2.75, 3.05) is 6.61 Å². The molecule has 1 aromatic heterocycles. The lowest BCUT2D eigenvalue weighted by Crippen LogP contribution is -2.53. The highest BCUT2D eigenvalue weighted by atomic mass is 28.4. The van der Waals surface area contributed by atoms with Gasteiger partial charge in [0.1, 0.15) is 24.0 Å². The molecule has 2 heterocycles. The molecule has 0 unspecified atom stereocenters. The number of aliphatic hydroxyl groups excluding tert-OH is 1. The minimum Gasteiger partial charge on any atom is -0.488 e. The lowest BCUT2D eigenvalue weighted by molar-refractivity contribution is -0.154. The van der Waals surface area contributed by atoms with Crippen molar-refractivity contribution >= 4 is 33.6 Å². The first-order chi connectivity index (χ1) is 26.0. The predicted octanol–water partition coefficient (Wildman–Crippen LogP) is 11.9. The largest absolute Gasteiger partial charge is 0.488 e. The van der Waals surface area contributed by atoms with E-state index in [-0.39, 0.29) is 35.1 Å². The van der Waals surface area contributed by atoms with Gasteiger partial charge in [0.15, 0.2) is 16.6 Å². The monoisotopic (exact) mass is 810 g/mol. The van der Waals surface area contributed by atoms with Crippen LogP contribution in [0.2, 0.25) is 36.3 Å². The second kappa shape index (κ2) is 18.2. The van der Waals surface area contributed by atoms with Crippen LogP contribution >= 0.6 is 0 Å². The van der Waals surface area contributed by atoms with E-state index in [1.807, 2.05) is 38.3 Å². The van der Waals surface area contributed by atoms with Crippen molar-refractivity contribution < 1.29 is 37.4 Å². The molecule has 5 atom stereocenters. The fourth-order valence-electron chi connectivity index (χ4n) is 7.21. The van der Waals surface area contributed by atoms with Gasteiger partial charge in [-0.1, -0.05) is 106 Å². The molecule has 2 aromatic carbocycles. The molecule has 56 heavy (non-hydrogen) atoms. The number of aliphatic hydroxyl groups is 1. The van der Waals surface area contributed by atoms with E-state index in [4.69, 9.17) is 27.5 Å². The molecule has 1 aliphatic heterocycles. The van der Waals surface area contributed by atoms with Crippen LogP contribution in [0.25, 0.3) is 11.0 Å². The van der Waals surface area contributed by atoms with Gasteiger partial charge in [-0.2, -0.15) is 0 Å². The van der Waals surface area contributed by atoms with Gasteiger partial charge in [0.05, 0.1) is 37.2 Å². The number of furan rings is 1. The van der Waals surface area contributed by atoms with Crippen molar-refractivity contribution in [3.63, 3.8) is 0 Å². The van der Waals surface area contributed by atoms with Crippen molar-refractivity contribution in [1.82, 2.24) is 0 Å². The molecule has 0 radical (unpaired) electrons. The fourth-order valence-corrected chi connectivity index (χ4v) is 9.48. The summed E-state index contributed by atoms with van der Waals surface area (Å²) < 4.78 is 39.3. The molecule has 1 fully saturated rings. The summed E-state index contributed by atoms with van der Waals surface area (Å²) in [6.07, 6.45) is 3.19. The second-order valence-electron chi connectivity index (χ2n) is 19.4. The lowest BCUT2D eigenvalue weighted by atomic mass is 9.83. The van der Waals surface area contributed by atoms with Crippen LogP contribution in [-0.2, 0) is 42.8 Å². The third kappa shape index (κ3) is 10.2. The maximum atomic E-state index is 13.8. The molecule has 1 aliphatic rings. The molecule has 1 saturated heterocycles. The fraction of sp³-hybridized carbons (Fsp3) is 0.674. The van der Waals surface area contributed by atoms with Crippen molar-refractivity contribution in [2.45, 2.75) is 188 Å².